The Balaban J connectivity index is 2.09. The molecule has 1 aliphatic carbocycles. The molecule has 104 valence electrons. The Labute approximate surface area is 140 Å². The van der Waals surface area contributed by atoms with Gasteiger partial charge in [0, 0.05) is 20.0 Å². The molecule has 0 bridgehead atoms. The van der Waals surface area contributed by atoms with Crippen LogP contribution in [0.2, 0.25) is 5.02 Å². The van der Waals surface area contributed by atoms with Crippen LogP contribution in [0.4, 0.5) is 0 Å². The monoisotopic (exact) mass is 455 g/mol. The van der Waals surface area contributed by atoms with Gasteiger partial charge in [0.25, 0.3) is 5.91 Å². The quantitative estimate of drug-likeness (QED) is 0.522. The minimum absolute atomic E-state index is 0.00949. The third-order valence-electron chi connectivity index (χ3n) is 3.60. The van der Waals surface area contributed by atoms with Crippen molar-refractivity contribution in [3.63, 3.8) is 0 Å². The second-order valence-corrected chi connectivity index (χ2v) is 7.15. The molecule has 0 spiro atoms. The normalized spacial score (nSPS) is 23.1. The van der Waals surface area contributed by atoms with Crippen LogP contribution < -0.4 is 5.32 Å². The number of hydrogen-bond acceptors (Lipinski definition) is 1. The van der Waals surface area contributed by atoms with Crippen molar-refractivity contribution >= 4 is 56.0 Å². The maximum absolute atomic E-state index is 12.4. The molecule has 0 aliphatic heterocycles. The van der Waals surface area contributed by atoms with Crippen molar-refractivity contribution in [1.29, 1.82) is 0 Å². The molecule has 0 aromatic heterocycles. The molecule has 0 radical (unpaired) electrons. The van der Waals surface area contributed by atoms with Crippen molar-refractivity contribution in [2.45, 2.75) is 31.7 Å². The molecular formula is C14H16BrClINO. The summed E-state index contributed by atoms with van der Waals surface area (Å²) >= 11 is 11.7. The predicted molar refractivity (Wildman–Crippen MR) is 91.2 cm³/mol. The first kappa shape index (κ1) is 15.6. The lowest BCUT2D eigenvalue weighted by molar-refractivity contribution is 0.0910. The molecule has 1 aromatic rings. The highest BCUT2D eigenvalue weighted by atomic mass is 127. The number of rotatable bonds is 3. The van der Waals surface area contributed by atoms with Crippen LogP contribution >= 0.6 is 50.1 Å². The smallest absolute Gasteiger partial charge is 0.252 e. The van der Waals surface area contributed by atoms with Gasteiger partial charge in [0.1, 0.15) is 0 Å². The second-order valence-electron chi connectivity index (χ2n) is 4.90. The minimum atomic E-state index is -0.00949. The zero-order valence-electron chi connectivity index (χ0n) is 10.5. The van der Waals surface area contributed by atoms with Gasteiger partial charge in [-0.05, 0) is 59.5 Å². The van der Waals surface area contributed by atoms with Gasteiger partial charge in [-0.15, -0.1) is 0 Å². The molecule has 0 saturated heterocycles. The summed E-state index contributed by atoms with van der Waals surface area (Å²) in [6, 6.07) is 5.70. The number of halogens is 3. The Morgan fingerprint density at radius 2 is 2.16 bits per heavy atom. The van der Waals surface area contributed by atoms with Crippen molar-refractivity contribution in [2.24, 2.45) is 5.92 Å². The largest absolute Gasteiger partial charge is 0.349 e. The molecule has 1 aromatic carbocycles. The van der Waals surface area contributed by atoms with Gasteiger partial charge in [0.05, 0.1) is 5.56 Å². The van der Waals surface area contributed by atoms with E-state index in [9.17, 15) is 4.79 Å². The molecule has 2 nitrogen and oxygen atoms in total. The summed E-state index contributed by atoms with van der Waals surface area (Å²) in [6.45, 7) is 0. The van der Waals surface area contributed by atoms with E-state index in [-0.39, 0.29) is 11.9 Å². The molecule has 1 fully saturated rings. The molecular weight excluding hydrogens is 440 g/mol. The van der Waals surface area contributed by atoms with Crippen LogP contribution in [0, 0.1) is 9.49 Å². The Bertz CT molecular complexity index is 469. The lowest BCUT2D eigenvalue weighted by Crippen LogP contribution is -2.43. The third-order valence-corrected chi connectivity index (χ3v) is 5.60. The average Bonchev–Trinajstić information content (AvgIpc) is 2.42. The minimum Gasteiger partial charge on any atom is -0.349 e. The fourth-order valence-corrected chi connectivity index (χ4v) is 4.03. The lowest BCUT2D eigenvalue weighted by Gasteiger charge is -2.31. The van der Waals surface area contributed by atoms with E-state index in [2.05, 4.69) is 43.8 Å². The van der Waals surface area contributed by atoms with Crippen LogP contribution in [-0.4, -0.2) is 17.3 Å². The predicted octanol–water partition coefficient (Wildman–Crippen LogP) is 4.63. The zero-order valence-corrected chi connectivity index (χ0v) is 15.0. The van der Waals surface area contributed by atoms with E-state index in [4.69, 9.17) is 11.6 Å². The number of carbonyl (C=O) groups is 1. The molecule has 2 unspecified atom stereocenters. The fraction of sp³-hybridized carbons (Fsp3) is 0.500. The summed E-state index contributed by atoms with van der Waals surface area (Å²) in [4.78, 5) is 12.4. The van der Waals surface area contributed by atoms with Gasteiger partial charge in [-0.1, -0.05) is 40.4 Å². The Morgan fingerprint density at radius 1 is 1.42 bits per heavy atom. The average molecular weight is 457 g/mol. The third kappa shape index (κ3) is 4.08. The molecule has 1 saturated carbocycles. The van der Waals surface area contributed by atoms with Crippen LogP contribution in [0.3, 0.4) is 0 Å². The molecule has 1 N–H and O–H groups in total. The SMILES string of the molecule is O=C(NC1CCCCC1CBr)c1cc(Cl)ccc1I. The lowest BCUT2D eigenvalue weighted by atomic mass is 9.86. The van der Waals surface area contributed by atoms with Gasteiger partial charge in [0.2, 0.25) is 0 Å². The summed E-state index contributed by atoms with van der Waals surface area (Å²) in [5, 5.41) is 4.72. The summed E-state index contributed by atoms with van der Waals surface area (Å²) < 4.78 is 0.936. The number of hydrogen-bond donors (Lipinski definition) is 1. The first-order valence-corrected chi connectivity index (χ1v) is 9.01. The molecule has 5 heteroatoms. The van der Waals surface area contributed by atoms with E-state index in [1.165, 1.54) is 19.3 Å². The van der Waals surface area contributed by atoms with Crippen LogP contribution in [-0.2, 0) is 0 Å². The van der Waals surface area contributed by atoms with Crippen LogP contribution in [0.5, 0.6) is 0 Å². The van der Waals surface area contributed by atoms with Gasteiger partial charge < -0.3 is 5.32 Å². The Hall–Kier alpha value is 0.190. The topological polar surface area (TPSA) is 29.1 Å². The second kappa shape index (κ2) is 7.27. The van der Waals surface area contributed by atoms with Crippen LogP contribution in [0.1, 0.15) is 36.0 Å². The molecule has 1 aliphatic rings. The van der Waals surface area contributed by atoms with E-state index in [1.807, 2.05) is 12.1 Å². The van der Waals surface area contributed by atoms with Crippen molar-refractivity contribution < 1.29 is 4.79 Å². The standard InChI is InChI=1S/C14H16BrClINO/c15-8-9-3-1-2-4-13(9)18-14(19)11-7-10(16)5-6-12(11)17/h5-7,9,13H,1-4,8H2,(H,18,19). The molecule has 1 amide bonds. The van der Waals surface area contributed by atoms with E-state index in [0.29, 0.717) is 16.5 Å². The van der Waals surface area contributed by atoms with Crippen molar-refractivity contribution in [3.8, 4) is 0 Å². The van der Waals surface area contributed by atoms with E-state index >= 15 is 0 Å². The van der Waals surface area contributed by atoms with Crippen molar-refractivity contribution in [1.82, 2.24) is 5.32 Å². The molecule has 0 heterocycles. The highest BCUT2D eigenvalue weighted by Crippen LogP contribution is 2.26. The first-order valence-electron chi connectivity index (χ1n) is 6.43. The summed E-state index contributed by atoms with van der Waals surface area (Å²) in [5.41, 5.74) is 0.673. The number of benzene rings is 1. The van der Waals surface area contributed by atoms with Crippen LogP contribution in [0.15, 0.2) is 18.2 Å². The van der Waals surface area contributed by atoms with E-state index in [0.717, 1.165) is 15.3 Å². The summed E-state index contributed by atoms with van der Waals surface area (Å²) in [7, 11) is 0. The number of nitrogens with one attached hydrogen (secondary N) is 1. The fourth-order valence-electron chi connectivity index (χ4n) is 2.50. The summed E-state index contributed by atoms with van der Waals surface area (Å²) in [5.74, 6) is 0.527. The maximum atomic E-state index is 12.4. The van der Waals surface area contributed by atoms with Gasteiger partial charge in [-0.3, -0.25) is 4.79 Å². The number of carbonyl (C=O) groups excluding carboxylic acids is 1. The van der Waals surface area contributed by atoms with Crippen molar-refractivity contribution in [2.75, 3.05) is 5.33 Å². The molecule has 19 heavy (non-hydrogen) atoms. The van der Waals surface area contributed by atoms with Gasteiger partial charge in [-0.25, -0.2) is 0 Å². The Kier molecular flexibility index (Phi) is 5.96. The van der Waals surface area contributed by atoms with Gasteiger partial charge in [0.15, 0.2) is 0 Å². The van der Waals surface area contributed by atoms with Gasteiger partial charge >= 0.3 is 0 Å². The zero-order chi connectivity index (χ0) is 13.8. The maximum Gasteiger partial charge on any atom is 0.252 e. The van der Waals surface area contributed by atoms with Crippen LogP contribution in [0.25, 0.3) is 0 Å². The highest BCUT2D eigenvalue weighted by molar-refractivity contribution is 14.1. The number of alkyl halides is 1. The highest BCUT2D eigenvalue weighted by Gasteiger charge is 2.26. The van der Waals surface area contributed by atoms with Crippen molar-refractivity contribution in [3.05, 3.63) is 32.4 Å². The van der Waals surface area contributed by atoms with E-state index < -0.39 is 0 Å². The number of amides is 1. The Morgan fingerprint density at radius 3 is 2.89 bits per heavy atom. The first-order chi connectivity index (χ1) is 9.11. The van der Waals surface area contributed by atoms with E-state index in [1.54, 1.807) is 6.07 Å². The van der Waals surface area contributed by atoms with Gasteiger partial charge in [-0.2, -0.15) is 0 Å². The molecule has 2 rings (SSSR count). The summed E-state index contributed by atoms with van der Waals surface area (Å²) in [6.07, 6.45) is 4.71. The molecule has 2 atom stereocenters.